The Labute approximate surface area is 109 Å². The first-order valence-corrected chi connectivity index (χ1v) is 7.23. The quantitative estimate of drug-likeness (QED) is 0.747. The van der Waals surface area contributed by atoms with Crippen LogP contribution in [-0.4, -0.2) is 9.97 Å². The van der Waals surface area contributed by atoms with Crippen LogP contribution >= 0.6 is 11.6 Å². The molecule has 17 heavy (non-hydrogen) atoms. The van der Waals surface area contributed by atoms with Gasteiger partial charge in [0.2, 0.25) is 0 Å². The van der Waals surface area contributed by atoms with Gasteiger partial charge in [-0.25, -0.2) is 9.97 Å². The van der Waals surface area contributed by atoms with E-state index in [4.69, 9.17) is 11.6 Å². The highest BCUT2D eigenvalue weighted by atomic mass is 35.5. The molecule has 1 saturated carbocycles. The molecule has 3 heteroatoms. The summed E-state index contributed by atoms with van der Waals surface area (Å²) in [5.74, 6) is 3.04. The number of hydrogen-bond acceptors (Lipinski definition) is 2. The summed E-state index contributed by atoms with van der Waals surface area (Å²) >= 11 is 5.74. The maximum absolute atomic E-state index is 5.74. The van der Waals surface area contributed by atoms with Crippen LogP contribution in [0.2, 0.25) is 0 Å². The van der Waals surface area contributed by atoms with Gasteiger partial charge in [0.1, 0.15) is 5.82 Å². The standard InChI is InChI=1S/C14H21ClN2/c1-2-3-11-4-6-13(7-5-11)14-16-9-12(8-15)10-17-14/h9-11,13H,2-8H2,1H3. The number of halogens is 1. The molecule has 0 unspecified atom stereocenters. The molecule has 0 atom stereocenters. The Balaban J connectivity index is 1.91. The Morgan fingerprint density at radius 1 is 1.18 bits per heavy atom. The van der Waals surface area contributed by atoms with Gasteiger partial charge in [0.25, 0.3) is 0 Å². The van der Waals surface area contributed by atoms with Crippen molar-refractivity contribution in [2.75, 3.05) is 0 Å². The summed E-state index contributed by atoms with van der Waals surface area (Å²) in [4.78, 5) is 8.90. The Bertz CT molecular complexity index is 329. The van der Waals surface area contributed by atoms with Crippen LogP contribution in [0.1, 0.15) is 62.8 Å². The van der Waals surface area contributed by atoms with Gasteiger partial charge in [-0.1, -0.05) is 19.8 Å². The second-order valence-electron chi connectivity index (χ2n) is 5.09. The second kappa shape index (κ2) is 6.34. The van der Waals surface area contributed by atoms with Gasteiger partial charge in [0, 0.05) is 23.9 Å². The molecule has 1 fully saturated rings. The third kappa shape index (κ3) is 3.41. The molecule has 2 rings (SSSR count). The lowest BCUT2D eigenvalue weighted by molar-refractivity contribution is 0.302. The smallest absolute Gasteiger partial charge is 0.131 e. The lowest BCUT2D eigenvalue weighted by Gasteiger charge is -2.27. The van der Waals surface area contributed by atoms with E-state index in [-0.39, 0.29) is 0 Å². The zero-order valence-electron chi connectivity index (χ0n) is 10.5. The van der Waals surface area contributed by atoms with Crippen molar-refractivity contribution in [3.63, 3.8) is 0 Å². The van der Waals surface area contributed by atoms with E-state index in [1.165, 1.54) is 38.5 Å². The van der Waals surface area contributed by atoms with Crippen LogP contribution in [0.15, 0.2) is 12.4 Å². The minimum atomic E-state index is 0.503. The third-order valence-corrected chi connectivity index (χ3v) is 4.10. The topological polar surface area (TPSA) is 25.8 Å². The van der Waals surface area contributed by atoms with Gasteiger partial charge in [0.15, 0.2) is 0 Å². The highest BCUT2D eigenvalue weighted by Gasteiger charge is 2.23. The highest BCUT2D eigenvalue weighted by Crippen LogP contribution is 2.35. The lowest BCUT2D eigenvalue weighted by atomic mass is 9.80. The van der Waals surface area contributed by atoms with Crippen molar-refractivity contribution in [1.29, 1.82) is 0 Å². The highest BCUT2D eigenvalue weighted by molar-refractivity contribution is 6.17. The molecule has 0 aliphatic heterocycles. The fourth-order valence-corrected chi connectivity index (χ4v) is 2.90. The van der Waals surface area contributed by atoms with Crippen molar-refractivity contribution in [2.45, 2.75) is 57.2 Å². The van der Waals surface area contributed by atoms with Gasteiger partial charge in [-0.05, 0) is 31.6 Å². The summed E-state index contributed by atoms with van der Waals surface area (Å²) in [5.41, 5.74) is 1.01. The molecule has 0 radical (unpaired) electrons. The SMILES string of the molecule is CCCC1CCC(c2ncc(CCl)cn2)CC1. The number of hydrogen-bond donors (Lipinski definition) is 0. The van der Waals surface area contributed by atoms with Crippen molar-refractivity contribution in [3.05, 3.63) is 23.8 Å². The summed E-state index contributed by atoms with van der Waals surface area (Å²) in [7, 11) is 0. The summed E-state index contributed by atoms with van der Waals surface area (Å²) in [6.07, 6.45) is 11.6. The predicted octanol–water partition coefficient (Wildman–Crippen LogP) is 4.29. The number of rotatable bonds is 4. The van der Waals surface area contributed by atoms with Crippen LogP contribution in [0.25, 0.3) is 0 Å². The molecule has 1 aromatic heterocycles. The minimum Gasteiger partial charge on any atom is -0.241 e. The molecular formula is C14H21ClN2. The summed E-state index contributed by atoms with van der Waals surface area (Å²) in [6.45, 7) is 2.28. The Morgan fingerprint density at radius 2 is 1.82 bits per heavy atom. The predicted molar refractivity (Wildman–Crippen MR) is 71.2 cm³/mol. The van der Waals surface area contributed by atoms with Crippen molar-refractivity contribution < 1.29 is 0 Å². The fourth-order valence-electron chi connectivity index (χ4n) is 2.76. The third-order valence-electron chi connectivity index (χ3n) is 3.79. The summed E-state index contributed by atoms with van der Waals surface area (Å²) < 4.78 is 0. The molecule has 1 aromatic rings. The van der Waals surface area contributed by atoms with Crippen LogP contribution in [0.5, 0.6) is 0 Å². The van der Waals surface area contributed by atoms with Crippen LogP contribution in [0.4, 0.5) is 0 Å². The first-order valence-electron chi connectivity index (χ1n) is 6.70. The molecule has 1 heterocycles. The van der Waals surface area contributed by atoms with Crippen LogP contribution < -0.4 is 0 Å². The van der Waals surface area contributed by atoms with Crippen molar-refractivity contribution in [3.8, 4) is 0 Å². The first-order chi connectivity index (χ1) is 8.33. The maximum atomic E-state index is 5.74. The van der Waals surface area contributed by atoms with Gasteiger partial charge < -0.3 is 0 Å². The van der Waals surface area contributed by atoms with E-state index in [2.05, 4.69) is 16.9 Å². The number of nitrogens with zero attached hydrogens (tertiary/aromatic N) is 2. The molecule has 0 N–H and O–H groups in total. The Hall–Kier alpha value is -0.630. The average Bonchev–Trinajstić information content (AvgIpc) is 2.40. The van der Waals surface area contributed by atoms with Gasteiger partial charge >= 0.3 is 0 Å². The zero-order valence-corrected chi connectivity index (χ0v) is 11.3. The normalized spacial score (nSPS) is 24.8. The molecule has 0 spiro atoms. The van der Waals surface area contributed by atoms with E-state index < -0.39 is 0 Å². The molecule has 0 saturated heterocycles. The lowest BCUT2D eigenvalue weighted by Crippen LogP contribution is -2.15. The van der Waals surface area contributed by atoms with Gasteiger partial charge in [-0.3, -0.25) is 0 Å². The van der Waals surface area contributed by atoms with Crippen LogP contribution in [0.3, 0.4) is 0 Å². The molecule has 1 aliphatic rings. The summed E-state index contributed by atoms with van der Waals surface area (Å²) in [5, 5.41) is 0. The van der Waals surface area contributed by atoms with Gasteiger partial charge in [-0.2, -0.15) is 0 Å². The molecule has 94 valence electrons. The van der Waals surface area contributed by atoms with E-state index in [1.807, 2.05) is 12.4 Å². The van der Waals surface area contributed by atoms with E-state index >= 15 is 0 Å². The van der Waals surface area contributed by atoms with Crippen LogP contribution in [0, 0.1) is 5.92 Å². The van der Waals surface area contributed by atoms with Crippen molar-refractivity contribution in [1.82, 2.24) is 9.97 Å². The maximum Gasteiger partial charge on any atom is 0.131 e. The Kier molecular flexibility index (Phi) is 4.78. The average molecular weight is 253 g/mol. The number of aromatic nitrogens is 2. The molecule has 2 nitrogen and oxygen atoms in total. The molecule has 0 amide bonds. The van der Waals surface area contributed by atoms with E-state index in [0.29, 0.717) is 11.8 Å². The van der Waals surface area contributed by atoms with E-state index in [9.17, 15) is 0 Å². The summed E-state index contributed by atoms with van der Waals surface area (Å²) in [6, 6.07) is 0. The van der Waals surface area contributed by atoms with E-state index in [0.717, 1.165) is 17.3 Å². The molecule has 0 aromatic carbocycles. The minimum absolute atomic E-state index is 0.503. The van der Waals surface area contributed by atoms with Crippen molar-refractivity contribution >= 4 is 11.6 Å². The molecular weight excluding hydrogens is 232 g/mol. The monoisotopic (exact) mass is 252 g/mol. The first kappa shape index (κ1) is 12.8. The van der Waals surface area contributed by atoms with Gasteiger partial charge in [0.05, 0.1) is 5.88 Å². The number of alkyl halides is 1. The fraction of sp³-hybridized carbons (Fsp3) is 0.714. The molecule has 0 bridgehead atoms. The largest absolute Gasteiger partial charge is 0.241 e. The second-order valence-corrected chi connectivity index (χ2v) is 5.36. The van der Waals surface area contributed by atoms with Crippen LogP contribution in [-0.2, 0) is 5.88 Å². The van der Waals surface area contributed by atoms with Crippen molar-refractivity contribution in [2.24, 2.45) is 5.92 Å². The van der Waals surface area contributed by atoms with E-state index in [1.54, 1.807) is 0 Å². The molecule has 1 aliphatic carbocycles. The van der Waals surface area contributed by atoms with Gasteiger partial charge in [-0.15, -0.1) is 11.6 Å². The zero-order chi connectivity index (χ0) is 12.1. The Morgan fingerprint density at radius 3 is 2.35 bits per heavy atom.